The Morgan fingerprint density at radius 1 is 1.44 bits per heavy atom. The number of benzene rings is 1. The summed E-state index contributed by atoms with van der Waals surface area (Å²) in [7, 11) is 0. The third kappa shape index (κ3) is 2.58. The molecule has 0 fully saturated rings. The maximum atomic E-state index is 13.6. The summed E-state index contributed by atoms with van der Waals surface area (Å²) < 4.78 is 14.2. The van der Waals surface area contributed by atoms with E-state index in [4.69, 9.17) is 5.26 Å². The molecule has 1 aromatic carbocycles. The molecule has 0 atom stereocenters. The number of anilines is 1. The van der Waals surface area contributed by atoms with Gasteiger partial charge < -0.3 is 5.32 Å². The molecular weight excluding hydrogens is 319 g/mol. The molecule has 0 unspecified atom stereocenters. The van der Waals surface area contributed by atoms with Gasteiger partial charge in [0.15, 0.2) is 0 Å². The molecule has 0 saturated carbocycles. The van der Waals surface area contributed by atoms with Gasteiger partial charge >= 0.3 is 0 Å². The van der Waals surface area contributed by atoms with Gasteiger partial charge in [-0.3, -0.25) is 4.79 Å². The van der Waals surface area contributed by atoms with E-state index in [1.165, 1.54) is 23.5 Å². The van der Waals surface area contributed by atoms with E-state index in [0.29, 0.717) is 9.35 Å². The minimum atomic E-state index is -0.630. The van der Waals surface area contributed by atoms with Gasteiger partial charge in [0.05, 0.1) is 17.3 Å². The molecule has 18 heavy (non-hydrogen) atoms. The summed E-state index contributed by atoms with van der Waals surface area (Å²) in [6.45, 7) is 0. The van der Waals surface area contributed by atoms with Crippen LogP contribution in [0, 0.1) is 17.1 Å². The molecule has 0 aliphatic heterocycles. The van der Waals surface area contributed by atoms with Gasteiger partial charge in [-0.25, -0.2) is 4.39 Å². The Bertz CT molecular complexity index is 648. The average Bonchev–Trinajstić information content (AvgIpc) is 2.78. The molecule has 0 aliphatic rings. The maximum absolute atomic E-state index is 13.6. The molecule has 3 nitrogen and oxygen atoms in total. The maximum Gasteiger partial charge on any atom is 0.266 e. The molecule has 1 amide bonds. The van der Waals surface area contributed by atoms with Crippen molar-refractivity contribution in [2.24, 2.45) is 0 Å². The molecular formula is C12H6BrFN2OS. The Hall–Kier alpha value is -1.71. The lowest BCUT2D eigenvalue weighted by Crippen LogP contribution is -2.12. The molecule has 0 aliphatic carbocycles. The van der Waals surface area contributed by atoms with Gasteiger partial charge in [-0.15, -0.1) is 11.3 Å². The standard InChI is InChI=1S/C12H6BrFN2OS/c13-8-3-4-18-11(8)12(17)16-10-2-1-7(6-15)5-9(10)14/h1-5H,(H,16,17). The fourth-order valence-corrected chi connectivity index (χ4v) is 2.77. The summed E-state index contributed by atoms with van der Waals surface area (Å²) in [5, 5.41) is 12.8. The molecule has 0 bridgehead atoms. The first kappa shape index (κ1) is 12.7. The second-order valence-corrected chi connectivity index (χ2v) is 5.13. The number of nitrogens with one attached hydrogen (secondary N) is 1. The van der Waals surface area contributed by atoms with Crippen LogP contribution in [0.3, 0.4) is 0 Å². The molecule has 0 radical (unpaired) electrons. The van der Waals surface area contributed by atoms with Gasteiger partial charge in [-0.05, 0) is 45.6 Å². The Morgan fingerprint density at radius 2 is 2.22 bits per heavy atom. The molecule has 2 aromatic rings. The van der Waals surface area contributed by atoms with Crippen molar-refractivity contribution in [1.29, 1.82) is 5.26 Å². The van der Waals surface area contributed by atoms with Crippen molar-refractivity contribution in [3.8, 4) is 6.07 Å². The monoisotopic (exact) mass is 324 g/mol. The van der Waals surface area contributed by atoms with Gasteiger partial charge in [-0.1, -0.05) is 0 Å². The zero-order valence-electron chi connectivity index (χ0n) is 8.91. The molecule has 0 spiro atoms. The first-order valence-electron chi connectivity index (χ1n) is 4.86. The van der Waals surface area contributed by atoms with E-state index < -0.39 is 5.82 Å². The van der Waals surface area contributed by atoms with Crippen molar-refractivity contribution in [3.05, 3.63) is 50.4 Å². The van der Waals surface area contributed by atoms with E-state index >= 15 is 0 Å². The number of halogens is 2. The van der Waals surface area contributed by atoms with Crippen molar-refractivity contribution in [2.75, 3.05) is 5.32 Å². The van der Waals surface area contributed by atoms with Crippen LogP contribution in [0.5, 0.6) is 0 Å². The van der Waals surface area contributed by atoms with E-state index in [-0.39, 0.29) is 17.2 Å². The van der Waals surface area contributed by atoms with Gasteiger partial charge in [-0.2, -0.15) is 5.26 Å². The highest BCUT2D eigenvalue weighted by molar-refractivity contribution is 9.10. The van der Waals surface area contributed by atoms with Gasteiger partial charge in [0.25, 0.3) is 5.91 Å². The second-order valence-electron chi connectivity index (χ2n) is 3.36. The minimum absolute atomic E-state index is 0.0549. The van der Waals surface area contributed by atoms with Crippen LogP contribution in [-0.4, -0.2) is 5.91 Å². The van der Waals surface area contributed by atoms with Crippen LogP contribution in [0.2, 0.25) is 0 Å². The number of amides is 1. The molecule has 1 aromatic heterocycles. The quantitative estimate of drug-likeness (QED) is 0.914. The molecule has 1 N–H and O–H groups in total. The largest absolute Gasteiger partial charge is 0.319 e. The SMILES string of the molecule is N#Cc1ccc(NC(=O)c2sccc2Br)c(F)c1. The Labute approximate surface area is 115 Å². The number of hydrogen-bond donors (Lipinski definition) is 1. The van der Waals surface area contributed by atoms with Crippen molar-refractivity contribution >= 4 is 38.9 Å². The van der Waals surface area contributed by atoms with Crippen LogP contribution in [0.25, 0.3) is 0 Å². The number of nitriles is 1. The van der Waals surface area contributed by atoms with Gasteiger partial charge in [0, 0.05) is 4.47 Å². The van der Waals surface area contributed by atoms with Crippen LogP contribution in [0.15, 0.2) is 34.1 Å². The number of carbonyl (C=O) groups excluding carboxylic acids is 1. The summed E-state index contributed by atoms with van der Waals surface area (Å²) in [5.41, 5.74) is 0.266. The van der Waals surface area contributed by atoms with E-state index in [2.05, 4.69) is 21.2 Å². The summed E-state index contributed by atoms with van der Waals surface area (Å²) in [6.07, 6.45) is 0. The zero-order valence-corrected chi connectivity index (χ0v) is 11.3. The van der Waals surface area contributed by atoms with Crippen molar-refractivity contribution in [3.63, 3.8) is 0 Å². The van der Waals surface area contributed by atoms with Gasteiger partial charge in [0.1, 0.15) is 10.7 Å². The average molecular weight is 325 g/mol. The first-order chi connectivity index (χ1) is 8.61. The predicted molar refractivity (Wildman–Crippen MR) is 71.1 cm³/mol. The minimum Gasteiger partial charge on any atom is -0.319 e. The summed E-state index contributed by atoms with van der Waals surface area (Å²) in [4.78, 5) is 12.3. The molecule has 90 valence electrons. The summed E-state index contributed by atoms with van der Waals surface area (Å²) in [5.74, 6) is -1.02. The van der Waals surface area contributed by atoms with Crippen LogP contribution in [-0.2, 0) is 0 Å². The fourth-order valence-electron chi connectivity index (χ4n) is 1.32. The van der Waals surface area contributed by atoms with Crippen LogP contribution >= 0.6 is 27.3 Å². The van der Waals surface area contributed by atoms with Crippen molar-refractivity contribution in [2.45, 2.75) is 0 Å². The lowest BCUT2D eigenvalue weighted by molar-refractivity contribution is 0.102. The van der Waals surface area contributed by atoms with E-state index in [1.807, 2.05) is 6.07 Å². The predicted octanol–water partition coefficient (Wildman–Crippen LogP) is 3.77. The number of carbonyl (C=O) groups is 1. The highest BCUT2D eigenvalue weighted by atomic mass is 79.9. The lowest BCUT2D eigenvalue weighted by Gasteiger charge is -2.05. The van der Waals surface area contributed by atoms with Gasteiger partial charge in [0.2, 0.25) is 0 Å². The normalized spacial score (nSPS) is 9.83. The van der Waals surface area contributed by atoms with E-state index in [1.54, 1.807) is 11.4 Å². The second kappa shape index (κ2) is 5.29. The molecule has 6 heteroatoms. The number of rotatable bonds is 2. The number of nitrogens with zero attached hydrogens (tertiary/aromatic N) is 1. The third-order valence-corrected chi connectivity index (χ3v) is 4.01. The lowest BCUT2D eigenvalue weighted by atomic mass is 10.2. The Kier molecular flexibility index (Phi) is 3.75. The highest BCUT2D eigenvalue weighted by Gasteiger charge is 2.13. The highest BCUT2D eigenvalue weighted by Crippen LogP contribution is 2.24. The fraction of sp³-hybridized carbons (Fsp3) is 0. The molecule has 0 saturated heterocycles. The third-order valence-electron chi connectivity index (χ3n) is 2.17. The van der Waals surface area contributed by atoms with Crippen LogP contribution < -0.4 is 5.32 Å². The van der Waals surface area contributed by atoms with E-state index in [0.717, 1.165) is 6.07 Å². The summed E-state index contributed by atoms with van der Waals surface area (Å²) >= 11 is 4.49. The van der Waals surface area contributed by atoms with Crippen molar-refractivity contribution < 1.29 is 9.18 Å². The smallest absolute Gasteiger partial charge is 0.266 e. The van der Waals surface area contributed by atoms with Crippen LogP contribution in [0.4, 0.5) is 10.1 Å². The molecule has 1 heterocycles. The Balaban J connectivity index is 2.23. The topological polar surface area (TPSA) is 52.9 Å². The molecule has 2 rings (SSSR count). The van der Waals surface area contributed by atoms with Crippen molar-refractivity contribution in [1.82, 2.24) is 0 Å². The number of thiophene rings is 1. The van der Waals surface area contributed by atoms with E-state index in [9.17, 15) is 9.18 Å². The zero-order chi connectivity index (χ0) is 13.1. The summed E-state index contributed by atoms with van der Waals surface area (Å²) in [6, 6.07) is 7.47. The Morgan fingerprint density at radius 3 is 2.78 bits per heavy atom. The van der Waals surface area contributed by atoms with Crippen LogP contribution in [0.1, 0.15) is 15.2 Å². The number of hydrogen-bond acceptors (Lipinski definition) is 3. The first-order valence-corrected chi connectivity index (χ1v) is 6.53.